The van der Waals surface area contributed by atoms with E-state index in [1.807, 2.05) is 31.2 Å². The molecule has 1 fully saturated rings. The Hall–Kier alpha value is -1.32. The van der Waals surface area contributed by atoms with E-state index < -0.39 is 0 Å². The van der Waals surface area contributed by atoms with Gasteiger partial charge in [0.2, 0.25) is 0 Å². The molecule has 0 spiro atoms. The van der Waals surface area contributed by atoms with Gasteiger partial charge in [-0.05, 0) is 31.4 Å². The van der Waals surface area contributed by atoms with Crippen LogP contribution in [0.4, 0.5) is 5.82 Å². The molecule has 0 aliphatic heterocycles. The fourth-order valence-corrected chi connectivity index (χ4v) is 2.40. The molecule has 1 aromatic carbocycles. The van der Waals surface area contributed by atoms with Crippen molar-refractivity contribution < 1.29 is 0 Å². The second-order valence-corrected chi connectivity index (χ2v) is 5.83. The fourth-order valence-electron chi connectivity index (χ4n) is 2.02. The predicted octanol–water partition coefficient (Wildman–Crippen LogP) is 4.58. The normalized spacial score (nSPS) is 14.3. The van der Waals surface area contributed by atoms with Crippen molar-refractivity contribution >= 4 is 29.0 Å². The van der Waals surface area contributed by atoms with Gasteiger partial charge < -0.3 is 5.32 Å². The van der Waals surface area contributed by atoms with Crippen LogP contribution in [0.3, 0.4) is 0 Å². The van der Waals surface area contributed by atoms with Crippen LogP contribution in [0.15, 0.2) is 24.3 Å². The number of hydrogen-bond donors (Lipinski definition) is 1. The lowest BCUT2D eigenvalue weighted by Crippen LogP contribution is -2.07. The largest absolute Gasteiger partial charge is 0.366 e. The van der Waals surface area contributed by atoms with Crippen molar-refractivity contribution in [3.8, 4) is 0 Å². The summed E-state index contributed by atoms with van der Waals surface area (Å²) in [6.45, 7) is 2.55. The van der Waals surface area contributed by atoms with Crippen molar-refractivity contribution in [3.05, 3.63) is 51.4 Å². The lowest BCUT2D eigenvalue weighted by molar-refractivity contribution is 0.911. The van der Waals surface area contributed by atoms with Crippen molar-refractivity contribution in [2.75, 3.05) is 5.32 Å². The van der Waals surface area contributed by atoms with Crippen LogP contribution in [0.1, 0.15) is 35.7 Å². The van der Waals surface area contributed by atoms with E-state index in [0.29, 0.717) is 17.6 Å². The Kier molecular flexibility index (Phi) is 3.81. The minimum absolute atomic E-state index is 0.481. The Morgan fingerprint density at radius 3 is 2.65 bits per heavy atom. The van der Waals surface area contributed by atoms with Crippen LogP contribution >= 0.6 is 23.2 Å². The molecule has 0 bridgehead atoms. The fraction of sp³-hybridized carbons (Fsp3) is 0.333. The summed E-state index contributed by atoms with van der Waals surface area (Å²) in [5, 5.41) is 4.60. The molecule has 3 rings (SSSR count). The summed E-state index contributed by atoms with van der Waals surface area (Å²) >= 11 is 12.3. The Morgan fingerprint density at radius 1 is 1.20 bits per heavy atom. The molecular formula is C15H15Cl2N3. The zero-order chi connectivity index (χ0) is 14.1. The number of nitrogens with one attached hydrogen (secondary N) is 1. The summed E-state index contributed by atoms with van der Waals surface area (Å²) < 4.78 is 0. The molecule has 0 amide bonds. The van der Waals surface area contributed by atoms with Gasteiger partial charge in [0.25, 0.3) is 0 Å². The number of nitrogens with zero attached hydrogens (tertiary/aromatic N) is 2. The molecule has 1 aliphatic rings. The molecule has 0 saturated heterocycles. The van der Waals surface area contributed by atoms with Gasteiger partial charge in [0.1, 0.15) is 16.8 Å². The minimum atomic E-state index is 0.481. The number of halogens is 2. The average Bonchev–Trinajstić information content (AvgIpc) is 3.26. The molecular weight excluding hydrogens is 293 g/mol. The maximum Gasteiger partial charge on any atom is 0.137 e. The SMILES string of the molecule is Cc1c(Cl)nc(C2CC2)nc1NCc1ccccc1Cl. The summed E-state index contributed by atoms with van der Waals surface area (Å²) in [6.07, 6.45) is 2.31. The van der Waals surface area contributed by atoms with E-state index >= 15 is 0 Å². The molecule has 1 aromatic heterocycles. The van der Waals surface area contributed by atoms with Crippen LogP contribution in [0, 0.1) is 6.92 Å². The van der Waals surface area contributed by atoms with Crippen LogP contribution in [-0.4, -0.2) is 9.97 Å². The van der Waals surface area contributed by atoms with Crippen LogP contribution < -0.4 is 5.32 Å². The lowest BCUT2D eigenvalue weighted by atomic mass is 10.2. The van der Waals surface area contributed by atoms with E-state index in [0.717, 1.165) is 40.6 Å². The van der Waals surface area contributed by atoms with Gasteiger partial charge in [0.15, 0.2) is 0 Å². The molecule has 5 heteroatoms. The molecule has 0 atom stereocenters. The zero-order valence-electron chi connectivity index (χ0n) is 11.2. The third kappa shape index (κ3) is 2.89. The third-order valence-corrected chi connectivity index (χ3v) is 4.19. The Balaban J connectivity index is 1.81. The van der Waals surface area contributed by atoms with Gasteiger partial charge in [-0.3, -0.25) is 0 Å². The summed E-state index contributed by atoms with van der Waals surface area (Å²) in [5.74, 6) is 2.13. The maximum atomic E-state index is 6.19. The molecule has 1 saturated carbocycles. The van der Waals surface area contributed by atoms with Gasteiger partial charge in [0.05, 0.1) is 0 Å². The highest BCUT2D eigenvalue weighted by Crippen LogP contribution is 2.39. The lowest BCUT2D eigenvalue weighted by Gasteiger charge is -2.12. The van der Waals surface area contributed by atoms with Gasteiger partial charge >= 0.3 is 0 Å². The molecule has 20 heavy (non-hydrogen) atoms. The highest BCUT2D eigenvalue weighted by Gasteiger charge is 2.28. The molecule has 1 heterocycles. The van der Waals surface area contributed by atoms with Gasteiger partial charge in [0, 0.05) is 23.0 Å². The smallest absolute Gasteiger partial charge is 0.137 e. The average molecular weight is 308 g/mol. The van der Waals surface area contributed by atoms with Crippen LogP contribution in [0.25, 0.3) is 0 Å². The highest BCUT2D eigenvalue weighted by molar-refractivity contribution is 6.31. The maximum absolute atomic E-state index is 6.19. The van der Waals surface area contributed by atoms with Gasteiger partial charge in [-0.15, -0.1) is 0 Å². The minimum Gasteiger partial charge on any atom is -0.366 e. The van der Waals surface area contributed by atoms with Gasteiger partial charge in [-0.2, -0.15) is 0 Å². The number of rotatable bonds is 4. The topological polar surface area (TPSA) is 37.8 Å². The molecule has 0 radical (unpaired) electrons. The van der Waals surface area contributed by atoms with E-state index in [4.69, 9.17) is 23.2 Å². The van der Waals surface area contributed by atoms with E-state index in [-0.39, 0.29) is 0 Å². The first-order chi connectivity index (χ1) is 9.65. The first kappa shape index (κ1) is 13.7. The van der Waals surface area contributed by atoms with Crippen LogP contribution in [0.2, 0.25) is 10.2 Å². The van der Waals surface area contributed by atoms with Crippen LogP contribution in [-0.2, 0) is 6.54 Å². The molecule has 2 aromatic rings. The number of benzene rings is 1. The summed E-state index contributed by atoms with van der Waals surface area (Å²) in [5.41, 5.74) is 1.92. The molecule has 1 aliphatic carbocycles. The first-order valence-corrected chi connectivity index (χ1v) is 7.42. The van der Waals surface area contributed by atoms with E-state index in [9.17, 15) is 0 Å². The van der Waals surface area contributed by atoms with E-state index in [2.05, 4.69) is 15.3 Å². The van der Waals surface area contributed by atoms with Crippen molar-refractivity contribution in [2.45, 2.75) is 32.2 Å². The highest BCUT2D eigenvalue weighted by atomic mass is 35.5. The van der Waals surface area contributed by atoms with Crippen molar-refractivity contribution in [1.29, 1.82) is 0 Å². The second kappa shape index (κ2) is 5.58. The second-order valence-electron chi connectivity index (χ2n) is 5.07. The Bertz CT molecular complexity index is 639. The number of hydrogen-bond acceptors (Lipinski definition) is 3. The van der Waals surface area contributed by atoms with E-state index in [1.54, 1.807) is 0 Å². The number of anilines is 1. The molecule has 0 unspecified atom stereocenters. The molecule has 104 valence electrons. The van der Waals surface area contributed by atoms with Gasteiger partial charge in [-0.1, -0.05) is 41.4 Å². The third-order valence-electron chi connectivity index (χ3n) is 3.45. The predicted molar refractivity (Wildman–Crippen MR) is 82.5 cm³/mol. The van der Waals surface area contributed by atoms with Gasteiger partial charge in [-0.25, -0.2) is 9.97 Å². The number of aromatic nitrogens is 2. The molecule has 3 nitrogen and oxygen atoms in total. The first-order valence-electron chi connectivity index (χ1n) is 6.66. The Morgan fingerprint density at radius 2 is 1.95 bits per heavy atom. The van der Waals surface area contributed by atoms with Crippen molar-refractivity contribution in [2.24, 2.45) is 0 Å². The Labute approximate surface area is 128 Å². The van der Waals surface area contributed by atoms with E-state index in [1.165, 1.54) is 0 Å². The van der Waals surface area contributed by atoms with Crippen LogP contribution in [0.5, 0.6) is 0 Å². The standard InChI is InChI=1S/C15H15Cl2N3/c1-9-13(17)19-15(10-6-7-10)20-14(9)18-8-11-4-2-3-5-12(11)16/h2-5,10H,6-8H2,1H3,(H,18,19,20). The van der Waals surface area contributed by atoms with Crippen molar-refractivity contribution in [3.63, 3.8) is 0 Å². The summed E-state index contributed by atoms with van der Waals surface area (Å²) in [4.78, 5) is 8.95. The monoisotopic (exact) mass is 307 g/mol. The summed E-state index contributed by atoms with van der Waals surface area (Å²) in [7, 11) is 0. The summed E-state index contributed by atoms with van der Waals surface area (Å²) in [6, 6.07) is 7.77. The zero-order valence-corrected chi connectivity index (χ0v) is 12.7. The quantitative estimate of drug-likeness (QED) is 0.840. The molecule has 1 N–H and O–H groups in total. The van der Waals surface area contributed by atoms with Crippen molar-refractivity contribution in [1.82, 2.24) is 9.97 Å².